The average Bonchev–Trinajstić information content (AvgIpc) is 3.36. The molecule has 2 aromatic carbocycles. The first-order chi connectivity index (χ1) is 13.2. The molecule has 4 rings (SSSR count). The number of nitrogens with one attached hydrogen (secondary N) is 2. The van der Waals surface area contributed by atoms with E-state index in [9.17, 15) is 4.79 Å². The number of para-hydroxylation sites is 1. The normalized spacial score (nSPS) is 12.0. The van der Waals surface area contributed by atoms with E-state index in [1.165, 1.54) is 0 Å². The average molecular weight is 377 g/mol. The number of hydrogen-bond donors (Lipinski definition) is 2. The number of nitrogens with zero attached hydrogens (tertiary/aromatic N) is 1. The van der Waals surface area contributed by atoms with E-state index in [4.69, 9.17) is 4.74 Å². The van der Waals surface area contributed by atoms with Crippen LogP contribution in [0, 0.1) is 0 Å². The number of carbonyl (C=O) groups is 1. The lowest BCUT2D eigenvalue weighted by Crippen LogP contribution is -2.23. The van der Waals surface area contributed by atoms with E-state index in [0.717, 1.165) is 27.8 Å². The Labute approximate surface area is 161 Å². The lowest BCUT2D eigenvalue weighted by atomic mass is 9.92. The number of ether oxygens (including phenoxy) is 1. The molecule has 5 nitrogen and oxygen atoms in total. The maximum absolute atomic E-state index is 13.1. The van der Waals surface area contributed by atoms with Crippen LogP contribution >= 0.6 is 11.3 Å². The van der Waals surface area contributed by atoms with E-state index in [1.807, 2.05) is 53.9 Å². The van der Waals surface area contributed by atoms with Gasteiger partial charge in [-0.05, 0) is 58.6 Å². The summed E-state index contributed by atoms with van der Waals surface area (Å²) < 4.78 is 5.24. The van der Waals surface area contributed by atoms with Gasteiger partial charge in [-0.1, -0.05) is 24.3 Å². The molecule has 0 radical (unpaired) electrons. The third-order valence-electron chi connectivity index (χ3n) is 4.57. The number of benzene rings is 2. The number of amides is 1. The molecule has 1 unspecified atom stereocenters. The molecule has 0 spiro atoms. The maximum Gasteiger partial charge on any atom is 0.233 e. The monoisotopic (exact) mass is 377 g/mol. The molecule has 0 aliphatic rings. The highest BCUT2D eigenvalue weighted by Crippen LogP contribution is 2.27. The van der Waals surface area contributed by atoms with Crippen molar-refractivity contribution < 1.29 is 9.53 Å². The van der Waals surface area contributed by atoms with Crippen LogP contribution in [-0.4, -0.2) is 23.2 Å². The Balaban J connectivity index is 1.63. The largest absolute Gasteiger partial charge is 0.497 e. The molecule has 0 aliphatic carbocycles. The molecular weight excluding hydrogens is 358 g/mol. The van der Waals surface area contributed by atoms with Gasteiger partial charge in [-0.25, -0.2) is 0 Å². The van der Waals surface area contributed by atoms with E-state index < -0.39 is 0 Å². The zero-order chi connectivity index (χ0) is 18.6. The van der Waals surface area contributed by atoms with Crippen molar-refractivity contribution >= 4 is 34.0 Å². The first kappa shape index (κ1) is 17.3. The Hall–Kier alpha value is -3.12. The molecule has 0 saturated carbocycles. The summed E-state index contributed by atoms with van der Waals surface area (Å²) in [7, 11) is 1.63. The molecular formula is C21H19N3O2S. The fourth-order valence-electron chi connectivity index (χ4n) is 3.11. The molecule has 0 aliphatic heterocycles. The second kappa shape index (κ2) is 7.63. The van der Waals surface area contributed by atoms with Crippen LogP contribution in [0.3, 0.4) is 0 Å². The zero-order valence-electron chi connectivity index (χ0n) is 14.8. The molecule has 0 bridgehead atoms. The number of methoxy groups -OCH3 is 1. The number of thiophene rings is 1. The van der Waals surface area contributed by atoms with Crippen LogP contribution in [0.25, 0.3) is 10.9 Å². The Morgan fingerprint density at radius 2 is 2.00 bits per heavy atom. The molecule has 2 N–H and O–H groups in total. The summed E-state index contributed by atoms with van der Waals surface area (Å²) in [5.74, 6) is 0.927. The highest BCUT2D eigenvalue weighted by atomic mass is 32.1. The maximum atomic E-state index is 13.1. The quantitative estimate of drug-likeness (QED) is 0.516. The van der Waals surface area contributed by atoms with Crippen LogP contribution in [0.4, 0.5) is 5.82 Å². The number of aromatic nitrogens is 2. The predicted molar refractivity (Wildman–Crippen MR) is 108 cm³/mol. The van der Waals surface area contributed by atoms with E-state index in [-0.39, 0.29) is 11.8 Å². The number of carbonyl (C=O) groups excluding carboxylic acids is 1. The summed E-state index contributed by atoms with van der Waals surface area (Å²) in [5.41, 5.74) is 2.98. The van der Waals surface area contributed by atoms with Gasteiger partial charge in [0, 0.05) is 5.39 Å². The van der Waals surface area contributed by atoms with Crippen molar-refractivity contribution in [3.8, 4) is 5.75 Å². The van der Waals surface area contributed by atoms with Gasteiger partial charge in [0.25, 0.3) is 0 Å². The van der Waals surface area contributed by atoms with Crippen molar-refractivity contribution in [3.63, 3.8) is 0 Å². The first-order valence-electron chi connectivity index (χ1n) is 8.63. The number of H-pyrrole nitrogens is 1. The van der Waals surface area contributed by atoms with E-state index in [2.05, 4.69) is 27.0 Å². The van der Waals surface area contributed by atoms with Crippen molar-refractivity contribution in [2.75, 3.05) is 12.4 Å². The van der Waals surface area contributed by atoms with Gasteiger partial charge in [-0.3, -0.25) is 9.89 Å². The fourth-order valence-corrected chi connectivity index (χ4v) is 3.79. The van der Waals surface area contributed by atoms with Crippen LogP contribution < -0.4 is 10.1 Å². The van der Waals surface area contributed by atoms with Crippen molar-refractivity contribution in [1.82, 2.24) is 10.2 Å². The molecule has 2 heterocycles. The summed E-state index contributed by atoms with van der Waals surface area (Å²) in [4.78, 5) is 13.1. The van der Waals surface area contributed by atoms with E-state index in [1.54, 1.807) is 18.4 Å². The highest BCUT2D eigenvalue weighted by Gasteiger charge is 2.23. The minimum absolute atomic E-state index is 0.0800. The molecule has 1 atom stereocenters. The Kier molecular flexibility index (Phi) is 4.89. The summed E-state index contributed by atoms with van der Waals surface area (Å²) in [5, 5.41) is 15.2. The summed E-state index contributed by atoms with van der Waals surface area (Å²) in [6.07, 6.45) is 0.629. The number of anilines is 1. The fraction of sp³-hybridized carbons (Fsp3) is 0.143. The minimum Gasteiger partial charge on any atom is -0.497 e. The van der Waals surface area contributed by atoms with Crippen LogP contribution in [0.5, 0.6) is 5.75 Å². The van der Waals surface area contributed by atoms with E-state index in [0.29, 0.717) is 12.2 Å². The first-order valence-corrected chi connectivity index (χ1v) is 9.58. The van der Waals surface area contributed by atoms with Crippen molar-refractivity contribution in [2.45, 2.75) is 12.3 Å². The van der Waals surface area contributed by atoms with E-state index >= 15 is 0 Å². The lowest BCUT2D eigenvalue weighted by Gasteiger charge is -2.16. The number of rotatable bonds is 6. The third kappa shape index (κ3) is 3.71. The Morgan fingerprint density at radius 1 is 1.19 bits per heavy atom. The van der Waals surface area contributed by atoms with Crippen LogP contribution in [0.1, 0.15) is 17.0 Å². The number of hydrogen-bond acceptors (Lipinski definition) is 4. The van der Waals surface area contributed by atoms with Gasteiger partial charge >= 0.3 is 0 Å². The zero-order valence-corrected chi connectivity index (χ0v) is 15.6. The minimum atomic E-state index is -0.319. The van der Waals surface area contributed by atoms with Gasteiger partial charge in [0.1, 0.15) is 5.75 Å². The standard InChI is InChI=1S/C21H19N3O2S/c1-26-16-8-6-15(7-9-16)18(12-14-10-11-27-13-14)21(25)22-20-17-4-2-3-5-19(17)23-24-20/h2-11,13,18H,12H2,1H3,(H2,22,23,24,25). The SMILES string of the molecule is COc1ccc(C(Cc2ccsc2)C(=O)Nc2n[nH]c3ccccc23)cc1. The second-order valence-corrected chi connectivity index (χ2v) is 7.05. The summed E-state index contributed by atoms with van der Waals surface area (Å²) in [6.45, 7) is 0. The smallest absolute Gasteiger partial charge is 0.233 e. The number of fused-ring (bicyclic) bond motifs is 1. The van der Waals surface area contributed by atoms with Crippen LogP contribution in [0.2, 0.25) is 0 Å². The molecule has 27 heavy (non-hydrogen) atoms. The molecule has 1 amide bonds. The molecule has 2 aromatic heterocycles. The molecule has 6 heteroatoms. The second-order valence-electron chi connectivity index (χ2n) is 6.27. The third-order valence-corrected chi connectivity index (χ3v) is 5.30. The molecule has 0 fully saturated rings. The Morgan fingerprint density at radius 3 is 2.74 bits per heavy atom. The highest BCUT2D eigenvalue weighted by molar-refractivity contribution is 7.07. The van der Waals surface area contributed by atoms with Gasteiger partial charge < -0.3 is 10.1 Å². The Bertz CT molecular complexity index is 1040. The van der Waals surface area contributed by atoms with Crippen LogP contribution in [0.15, 0.2) is 65.4 Å². The van der Waals surface area contributed by atoms with Gasteiger partial charge in [0.05, 0.1) is 18.5 Å². The van der Waals surface area contributed by atoms with Crippen molar-refractivity contribution in [1.29, 1.82) is 0 Å². The number of aromatic amines is 1. The topological polar surface area (TPSA) is 67.0 Å². The van der Waals surface area contributed by atoms with Gasteiger partial charge in [-0.2, -0.15) is 16.4 Å². The summed E-state index contributed by atoms with van der Waals surface area (Å²) in [6, 6.07) is 17.4. The van der Waals surface area contributed by atoms with Crippen molar-refractivity contribution in [3.05, 3.63) is 76.5 Å². The van der Waals surface area contributed by atoms with Gasteiger partial charge in [-0.15, -0.1) is 0 Å². The van der Waals surface area contributed by atoms with Gasteiger partial charge in [0.2, 0.25) is 5.91 Å². The molecule has 136 valence electrons. The van der Waals surface area contributed by atoms with Crippen molar-refractivity contribution in [2.24, 2.45) is 0 Å². The summed E-state index contributed by atoms with van der Waals surface area (Å²) >= 11 is 1.63. The lowest BCUT2D eigenvalue weighted by molar-refractivity contribution is -0.117. The van der Waals surface area contributed by atoms with Crippen LogP contribution in [-0.2, 0) is 11.2 Å². The molecule has 0 saturated heterocycles. The van der Waals surface area contributed by atoms with Gasteiger partial charge in [0.15, 0.2) is 5.82 Å². The predicted octanol–water partition coefficient (Wildman–Crippen LogP) is 4.60. The molecule has 4 aromatic rings.